The van der Waals surface area contributed by atoms with Crippen molar-refractivity contribution >= 4 is 0 Å². The molecule has 114 valence electrons. The summed E-state index contributed by atoms with van der Waals surface area (Å²) in [6.07, 6.45) is 6.68. The minimum Gasteiger partial charge on any atom is -0.304 e. The molecule has 0 N–H and O–H groups in total. The van der Waals surface area contributed by atoms with E-state index >= 15 is 0 Å². The van der Waals surface area contributed by atoms with Gasteiger partial charge in [-0.15, -0.1) is 0 Å². The summed E-state index contributed by atoms with van der Waals surface area (Å²) >= 11 is 0. The molecule has 0 aromatic heterocycles. The molecule has 0 radical (unpaired) electrons. The lowest BCUT2D eigenvalue weighted by atomic mass is 9.96. The molecule has 1 nitrogen and oxygen atoms in total. The van der Waals surface area contributed by atoms with E-state index in [1.165, 1.54) is 68.4 Å². The van der Waals surface area contributed by atoms with Gasteiger partial charge in [0, 0.05) is 0 Å². The second-order valence-corrected chi connectivity index (χ2v) is 6.06. The molecule has 1 aromatic carbocycles. The first-order valence-corrected chi connectivity index (χ1v) is 8.37. The first kappa shape index (κ1) is 17.2. The van der Waals surface area contributed by atoms with Gasteiger partial charge in [-0.25, -0.2) is 0 Å². The number of hydrogen-bond donors (Lipinski definition) is 0. The van der Waals surface area contributed by atoms with Crippen LogP contribution in [0, 0.1) is 20.8 Å². The fraction of sp³-hybridized carbons (Fsp3) is 0.684. The van der Waals surface area contributed by atoms with Gasteiger partial charge >= 0.3 is 0 Å². The summed E-state index contributed by atoms with van der Waals surface area (Å²) in [6.45, 7) is 14.9. The van der Waals surface area contributed by atoms with E-state index in [4.69, 9.17) is 0 Å². The van der Waals surface area contributed by atoms with Crippen molar-refractivity contribution < 1.29 is 0 Å². The standard InChI is InChI=1S/C19H33N/c1-6-20(7-2)13-11-9-8-10-12-19-15-16(3)14-17(4)18(19)5/h14-15H,6-13H2,1-5H3. The Morgan fingerprint density at radius 2 is 1.50 bits per heavy atom. The van der Waals surface area contributed by atoms with Crippen molar-refractivity contribution in [1.29, 1.82) is 0 Å². The Bertz CT molecular complexity index is 391. The average molecular weight is 275 g/mol. The lowest BCUT2D eigenvalue weighted by Crippen LogP contribution is -2.23. The number of nitrogens with zero attached hydrogens (tertiary/aromatic N) is 1. The van der Waals surface area contributed by atoms with Gasteiger partial charge in [-0.2, -0.15) is 0 Å². The summed E-state index contributed by atoms with van der Waals surface area (Å²) in [6, 6.07) is 4.67. The molecule has 0 saturated heterocycles. The minimum absolute atomic E-state index is 1.19. The molecule has 1 aromatic rings. The Morgan fingerprint density at radius 3 is 2.15 bits per heavy atom. The molecule has 0 unspecified atom stereocenters. The zero-order chi connectivity index (χ0) is 15.0. The van der Waals surface area contributed by atoms with E-state index in [2.05, 4.69) is 51.7 Å². The quantitative estimate of drug-likeness (QED) is 0.570. The maximum Gasteiger partial charge on any atom is -0.00190 e. The molecule has 0 amide bonds. The molecule has 0 fully saturated rings. The second kappa shape index (κ2) is 9.18. The van der Waals surface area contributed by atoms with Gasteiger partial charge in [0.2, 0.25) is 0 Å². The van der Waals surface area contributed by atoms with Crippen LogP contribution < -0.4 is 0 Å². The molecular formula is C19H33N. The third-order valence-electron chi connectivity index (χ3n) is 4.48. The van der Waals surface area contributed by atoms with Crippen molar-refractivity contribution in [3.8, 4) is 0 Å². The first-order chi connectivity index (χ1) is 9.58. The zero-order valence-corrected chi connectivity index (χ0v) is 14.3. The molecule has 20 heavy (non-hydrogen) atoms. The number of aryl methyl sites for hydroxylation is 3. The number of hydrogen-bond acceptors (Lipinski definition) is 1. The molecule has 0 saturated carbocycles. The van der Waals surface area contributed by atoms with Crippen LogP contribution in [0.1, 0.15) is 61.8 Å². The van der Waals surface area contributed by atoms with Crippen molar-refractivity contribution in [3.05, 3.63) is 34.4 Å². The van der Waals surface area contributed by atoms with E-state index in [0.717, 1.165) is 0 Å². The van der Waals surface area contributed by atoms with Crippen LogP contribution in [-0.2, 0) is 6.42 Å². The van der Waals surface area contributed by atoms with E-state index in [1.54, 1.807) is 5.56 Å². The monoisotopic (exact) mass is 275 g/mol. The summed E-state index contributed by atoms with van der Waals surface area (Å²) in [5, 5.41) is 0. The molecule has 0 heterocycles. The zero-order valence-electron chi connectivity index (χ0n) is 14.3. The van der Waals surface area contributed by atoms with Crippen LogP contribution in [0.3, 0.4) is 0 Å². The Morgan fingerprint density at radius 1 is 0.850 bits per heavy atom. The summed E-state index contributed by atoms with van der Waals surface area (Å²) in [4.78, 5) is 2.52. The fourth-order valence-corrected chi connectivity index (χ4v) is 2.93. The van der Waals surface area contributed by atoms with Crippen LogP contribution in [0.15, 0.2) is 12.1 Å². The molecule has 0 aliphatic carbocycles. The van der Waals surface area contributed by atoms with Gasteiger partial charge in [0.05, 0.1) is 0 Å². The van der Waals surface area contributed by atoms with Gasteiger partial charge in [-0.05, 0) is 76.4 Å². The summed E-state index contributed by atoms with van der Waals surface area (Å²) < 4.78 is 0. The molecule has 1 rings (SSSR count). The van der Waals surface area contributed by atoms with Crippen LogP contribution >= 0.6 is 0 Å². The lowest BCUT2D eigenvalue weighted by molar-refractivity contribution is 0.295. The topological polar surface area (TPSA) is 3.24 Å². The third-order valence-corrected chi connectivity index (χ3v) is 4.48. The Hall–Kier alpha value is -0.820. The number of rotatable bonds is 9. The summed E-state index contributed by atoms with van der Waals surface area (Å²) in [5.74, 6) is 0. The highest BCUT2D eigenvalue weighted by Gasteiger charge is 2.03. The largest absolute Gasteiger partial charge is 0.304 e. The van der Waals surface area contributed by atoms with Crippen molar-refractivity contribution in [1.82, 2.24) is 4.90 Å². The Labute approximate surface area is 126 Å². The normalized spacial score (nSPS) is 11.3. The van der Waals surface area contributed by atoms with E-state index in [9.17, 15) is 0 Å². The van der Waals surface area contributed by atoms with Gasteiger partial charge in [-0.1, -0.05) is 44.4 Å². The van der Waals surface area contributed by atoms with Crippen LogP contribution in [0.25, 0.3) is 0 Å². The van der Waals surface area contributed by atoms with Gasteiger partial charge in [0.15, 0.2) is 0 Å². The number of benzene rings is 1. The Kier molecular flexibility index (Phi) is 7.91. The highest BCUT2D eigenvalue weighted by molar-refractivity contribution is 5.37. The van der Waals surface area contributed by atoms with E-state index < -0.39 is 0 Å². The van der Waals surface area contributed by atoms with Crippen molar-refractivity contribution in [2.24, 2.45) is 0 Å². The first-order valence-electron chi connectivity index (χ1n) is 8.37. The highest BCUT2D eigenvalue weighted by atomic mass is 15.1. The molecule has 1 heteroatoms. The predicted molar refractivity (Wildman–Crippen MR) is 90.6 cm³/mol. The minimum atomic E-state index is 1.19. The maximum absolute atomic E-state index is 2.52. The SMILES string of the molecule is CCN(CC)CCCCCCc1cc(C)cc(C)c1C. The summed E-state index contributed by atoms with van der Waals surface area (Å²) in [7, 11) is 0. The van der Waals surface area contributed by atoms with Crippen molar-refractivity contribution in [2.75, 3.05) is 19.6 Å². The van der Waals surface area contributed by atoms with Crippen molar-refractivity contribution in [3.63, 3.8) is 0 Å². The number of unbranched alkanes of at least 4 members (excludes halogenated alkanes) is 3. The van der Waals surface area contributed by atoms with E-state index in [-0.39, 0.29) is 0 Å². The molecule has 0 bridgehead atoms. The molecule has 0 aliphatic rings. The molecular weight excluding hydrogens is 242 g/mol. The van der Waals surface area contributed by atoms with Gasteiger partial charge in [-0.3, -0.25) is 0 Å². The molecule has 0 spiro atoms. The molecule has 0 atom stereocenters. The summed E-state index contributed by atoms with van der Waals surface area (Å²) in [5.41, 5.74) is 5.91. The second-order valence-electron chi connectivity index (χ2n) is 6.06. The van der Waals surface area contributed by atoms with Gasteiger partial charge < -0.3 is 4.90 Å². The lowest BCUT2D eigenvalue weighted by Gasteiger charge is -2.17. The van der Waals surface area contributed by atoms with Crippen LogP contribution in [0.5, 0.6) is 0 Å². The predicted octanol–water partition coefficient (Wildman–Crippen LogP) is 5.06. The van der Waals surface area contributed by atoms with Crippen molar-refractivity contribution in [2.45, 2.75) is 66.7 Å². The maximum atomic E-state index is 2.52. The Balaban J connectivity index is 2.25. The smallest absolute Gasteiger partial charge is 0.00190 e. The van der Waals surface area contributed by atoms with Gasteiger partial charge in [0.1, 0.15) is 0 Å². The van der Waals surface area contributed by atoms with E-state index in [1.807, 2.05) is 0 Å². The average Bonchev–Trinajstić information content (AvgIpc) is 2.43. The highest BCUT2D eigenvalue weighted by Crippen LogP contribution is 2.18. The van der Waals surface area contributed by atoms with Crippen LogP contribution in [0.4, 0.5) is 0 Å². The van der Waals surface area contributed by atoms with Gasteiger partial charge in [0.25, 0.3) is 0 Å². The van der Waals surface area contributed by atoms with Crippen LogP contribution in [0.2, 0.25) is 0 Å². The molecule has 0 aliphatic heterocycles. The van der Waals surface area contributed by atoms with E-state index in [0.29, 0.717) is 0 Å². The fourth-order valence-electron chi connectivity index (χ4n) is 2.93. The third kappa shape index (κ3) is 5.66. The van der Waals surface area contributed by atoms with Crippen LogP contribution in [-0.4, -0.2) is 24.5 Å².